The molecule has 0 spiro atoms. The third-order valence-electron chi connectivity index (χ3n) is 5.16. The third-order valence-corrected chi connectivity index (χ3v) is 5.16. The van der Waals surface area contributed by atoms with Crippen LogP contribution in [0.25, 0.3) is 11.2 Å². The Hall–Kier alpha value is -3.03. The van der Waals surface area contributed by atoms with Gasteiger partial charge in [-0.15, -0.1) is 0 Å². The summed E-state index contributed by atoms with van der Waals surface area (Å²) in [5.74, 6) is 1.58. The molecule has 1 aliphatic rings. The van der Waals surface area contributed by atoms with Gasteiger partial charge in [-0.2, -0.15) is 4.98 Å². The number of hydrogen-bond acceptors (Lipinski definition) is 5. The molecule has 0 aliphatic carbocycles. The Labute approximate surface area is 156 Å². The highest BCUT2D eigenvalue weighted by Crippen LogP contribution is 2.24. The van der Waals surface area contributed by atoms with Crippen LogP contribution in [0.15, 0.2) is 33.9 Å². The van der Waals surface area contributed by atoms with E-state index in [2.05, 4.69) is 14.9 Å². The average Bonchev–Trinajstić information content (AvgIpc) is 3.32. The molecule has 142 valence electrons. The number of imidazole rings is 1. The van der Waals surface area contributed by atoms with E-state index in [1.807, 2.05) is 28.8 Å². The number of ether oxygens (including phenoxy) is 1. The van der Waals surface area contributed by atoms with Crippen LogP contribution in [0, 0.1) is 0 Å². The van der Waals surface area contributed by atoms with Gasteiger partial charge in [0.05, 0.1) is 7.11 Å². The Morgan fingerprint density at radius 2 is 1.85 bits per heavy atom. The van der Waals surface area contributed by atoms with Gasteiger partial charge < -0.3 is 14.2 Å². The van der Waals surface area contributed by atoms with E-state index >= 15 is 0 Å². The number of aryl methyl sites for hydroxylation is 3. The summed E-state index contributed by atoms with van der Waals surface area (Å²) >= 11 is 0. The number of aromatic nitrogens is 4. The van der Waals surface area contributed by atoms with Crippen molar-refractivity contribution in [2.75, 3.05) is 25.1 Å². The average molecular weight is 369 g/mol. The highest BCUT2D eigenvalue weighted by atomic mass is 16.5. The van der Waals surface area contributed by atoms with E-state index in [0.29, 0.717) is 17.7 Å². The lowest BCUT2D eigenvalue weighted by Gasteiger charge is -2.18. The van der Waals surface area contributed by atoms with Gasteiger partial charge in [0.15, 0.2) is 11.2 Å². The molecule has 3 heterocycles. The summed E-state index contributed by atoms with van der Waals surface area (Å²) < 4.78 is 8.55. The fourth-order valence-corrected chi connectivity index (χ4v) is 3.63. The molecule has 4 rings (SSSR count). The van der Waals surface area contributed by atoms with Crippen LogP contribution in [-0.4, -0.2) is 39.3 Å². The highest BCUT2D eigenvalue weighted by Gasteiger charge is 2.23. The molecule has 1 N–H and O–H groups in total. The number of nitrogens with one attached hydrogen (secondary N) is 1. The zero-order valence-corrected chi connectivity index (χ0v) is 15.6. The second kappa shape index (κ2) is 6.94. The second-order valence-electron chi connectivity index (χ2n) is 6.85. The minimum Gasteiger partial charge on any atom is -0.497 e. The van der Waals surface area contributed by atoms with Crippen LogP contribution in [0.4, 0.5) is 5.95 Å². The van der Waals surface area contributed by atoms with Crippen molar-refractivity contribution in [3.8, 4) is 5.75 Å². The predicted molar refractivity (Wildman–Crippen MR) is 104 cm³/mol. The van der Waals surface area contributed by atoms with Crippen molar-refractivity contribution in [1.82, 2.24) is 19.1 Å². The summed E-state index contributed by atoms with van der Waals surface area (Å²) in [5, 5.41) is 0. The fourth-order valence-electron chi connectivity index (χ4n) is 3.63. The zero-order chi connectivity index (χ0) is 19.0. The van der Waals surface area contributed by atoms with Gasteiger partial charge in [0, 0.05) is 26.7 Å². The van der Waals surface area contributed by atoms with E-state index in [0.717, 1.165) is 49.6 Å². The van der Waals surface area contributed by atoms with E-state index in [4.69, 9.17) is 4.74 Å². The molecular weight excluding hydrogens is 346 g/mol. The van der Waals surface area contributed by atoms with Gasteiger partial charge in [0.2, 0.25) is 5.95 Å². The van der Waals surface area contributed by atoms with Gasteiger partial charge in [-0.25, -0.2) is 4.79 Å². The molecule has 1 aliphatic heterocycles. The Morgan fingerprint density at radius 3 is 2.52 bits per heavy atom. The number of H-pyrrole nitrogens is 1. The maximum atomic E-state index is 12.5. The van der Waals surface area contributed by atoms with Crippen molar-refractivity contribution in [2.45, 2.75) is 25.8 Å². The summed E-state index contributed by atoms with van der Waals surface area (Å²) in [6.45, 7) is 2.44. The minimum absolute atomic E-state index is 0.388. The summed E-state index contributed by atoms with van der Waals surface area (Å²) in [6, 6.07) is 7.90. The van der Waals surface area contributed by atoms with Crippen LogP contribution in [-0.2, 0) is 20.0 Å². The lowest BCUT2D eigenvalue weighted by molar-refractivity contribution is 0.414. The fraction of sp³-hybridized carbons (Fsp3) is 0.421. The van der Waals surface area contributed by atoms with Crippen molar-refractivity contribution in [2.24, 2.45) is 7.05 Å². The SMILES string of the molecule is COc1ccc(CCn2c(N3CCCC3)nc3c2c(=O)[nH]c(=O)n3C)cc1. The number of anilines is 1. The molecule has 0 radical (unpaired) electrons. The van der Waals surface area contributed by atoms with Gasteiger partial charge in [-0.1, -0.05) is 12.1 Å². The molecule has 0 saturated carbocycles. The van der Waals surface area contributed by atoms with Crippen LogP contribution in [0.2, 0.25) is 0 Å². The Kier molecular flexibility index (Phi) is 4.47. The molecule has 2 aromatic heterocycles. The lowest BCUT2D eigenvalue weighted by Crippen LogP contribution is -2.29. The molecule has 27 heavy (non-hydrogen) atoms. The van der Waals surface area contributed by atoms with Crippen LogP contribution in [0.3, 0.4) is 0 Å². The standard InChI is InChI=1S/C19H23N5O3/c1-22-16-15(17(25)21-19(22)26)24(18(20-16)23-10-3-4-11-23)12-9-13-5-7-14(27-2)8-6-13/h5-8H,3-4,9-12H2,1-2H3,(H,21,25,26). The van der Waals surface area contributed by atoms with Crippen molar-refractivity contribution < 1.29 is 4.74 Å². The number of fused-ring (bicyclic) bond motifs is 1. The van der Waals surface area contributed by atoms with E-state index in [1.165, 1.54) is 4.57 Å². The molecule has 1 fully saturated rings. The van der Waals surface area contributed by atoms with Gasteiger partial charge >= 0.3 is 5.69 Å². The normalized spacial score (nSPS) is 14.2. The number of aromatic amines is 1. The smallest absolute Gasteiger partial charge is 0.329 e. The minimum atomic E-state index is -0.444. The number of nitrogens with zero attached hydrogens (tertiary/aromatic N) is 4. The van der Waals surface area contributed by atoms with Crippen molar-refractivity contribution in [1.29, 1.82) is 0 Å². The van der Waals surface area contributed by atoms with E-state index in [9.17, 15) is 9.59 Å². The Morgan fingerprint density at radius 1 is 1.15 bits per heavy atom. The van der Waals surface area contributed by atoms with Gasteiger partial charge in [0.25, 0.3) is 5.56 Å². The van der Waals surface area contributed by atoms with E-state index in [1.54, 1.807) is 14.2 Å². The maximum absolute atomic E-state index is 12.5. The maximum Gasteiger partial charge on any atom is 0.329 e. The van der Waals surface area contributed by atoms with Gasteiger partial charge in [-0.3, -0.25) is 14.3 Å². The first-order valence-corrected chi connectivity index (χ1v) is 9.16. The molecular formula is C19H23N5O3. The topological polar surface area (TPSA) is 85.2 Å². The van der Waals surface area contributed by atoms with Crippen LogP contribution in [0.5, 0.6) is 5.75 Å². The number of rotatable bonds is 5. The van der Waals surface area contributed by atoms with Crippen LogP contribution >= 0.6 is 0 Å². The quantitative estimate of drug-likeness (QED) is 0.732. The summed E-state index contributed by atoms with van der Waals surface area (Å²) in [4.78, 5) is 33.8. The van der Waals surface area contributed by atoms with Crippen molar-refractivity contribution >= 4 is 17.1 Å². The predicted octanol–water partition coefficient (Wildman–Crippen LogP) is 1.27. The molecule has 0 bridgehead atoms. The Balaban J connectivity index is 1.76. The molecule has 8 heteroatoms. The zero-order valence-electron chi connectivity index (χ0n) is 15.6. The largest absolute Gasteiger partial charge is 0.497 e. The summed E-state index contributed by atoms with van der Waals surface area (Å²) in [7, 11) is 3.28. The first-order chi connectivity index (χ1) is 13.1. The van der Waals surface area contributed by atoms with E-state index in [-0.39, 0.29) is 5.56 Å². The first-order valence-electron chi connectivity index (χ1n) is 9.16. The number of hydrogen-bond donors (Lipinski definition) is 1. The first kappa shape index (κ1) is 17.4. The van der Waals surface area contributed by atoms with Crippen LogP contribution < -0.4 is 20.9 Å². The molecule has 8 nitrogen and oxygen atoms in total. The lowest BCUT2D eigenvalue weighted by atomic mass is 10.1. The number of benzene rings is 1. The molecule has 0 unspecified atom stereocenters. The monoisotopic (exact) mass is 369 g/mol. The molecule has 1 aromatic carbocycles. The third kappa shape index (κ3) is 3.11. The van der Waals surface area contributed by atoms with Crippen molar-refractivity contribution in [3.63, 3.8) is 0 Å². The second-order valence-corrected chi connectivity index (χ2v) is 6.85. The molecule has 0 atom stereocenters. The van der Waals surface area contributed by atoms with Gasteiger partial charge in [0.1, 0.15) is 5.75 Å². The molecule has 3 aromatic rings. The van der Waals surface area contributed by atoms with E-state index < -0.39 is 5.69 Å². The number of methoxy groups -OCH3 is 1. The molecule has 1 saturated heterocycles. The van der Waals surface area contributed by atoms with Crippen LogP contribution in [0.1, 0.15) is 18.4 Å². The summed E-state index contributed by atoms with van der Waals surface area (Å²) in [6.07, 6.45) is 2.96. The van der Waals surface area contributed by atoms with Gasteiger partial charge in [-0.05, 0) is 37.0 Å². The molecule has 0 amide bonds. The Bertz CT molecular complexity index is 1070. The highest BCUT2D eigenvalue weighted by molar-refractivity contribution is 5.74. The summed E-state index contributed by atoms with van der Waals surface area (Å²) in [5.41, 5.74) is 1.19. The van der Waals surface area contributed by atoms with Crippen molar-refractivity contribution in [3.05, 3.63) is 50.7 Å².